The van der Waals surface area contributed by atoms with Gasteiger partial charge in [0.2, 0.25) is 0 Å². The molecule has 0 aliphatic heterocycles. The molecule has 0 aromatic heterocycles. The van der Waals surface area contributed by atoms with Gasteiger partial charge in [-0.1, -0.05) is 20.8 Å². The maximum absolute atomic E-state index is 11.2. The molecule has 0 heterocycles. The molecule has 0 aliphatic carbocycles. The Morgan fingerprint density at radius 3 is 2.50 bits per heavy atom. The maximum atomic E-state index is 11.2. The predicted molar refractivity (Wildman–Crippen MR) is 58.2 cm³/mol. The fourth-order valence-corrected chi connectivity index (χ4v) is 1.14. The molecule has 1 unspecified atom stereocenters. The predicted octanol–water partition coefficient (Wildman–Crippen LogP) is 1.96. The highest BCUT2D eigenvalue weighted by Crippen LogP contribution is 2.01. The van der Waals surface area contributed by atoms with Gasteiger partial charge >= 0.3 is 5.97 Å². The van der Waals surface area contributed by atoms with Crippen LogP contribution in [0.4, 0.5) is 0 Å². The molecular formula is C11H23NO2. The Morgan fingerprint density at radius 2 is 2.00 bits per heavy atom. The quantitative estimate of drug-likeness (QED) is 0.640. The van der Waals surface area contributed by atoms with Gasteiger partial charge in [-0.05, 0) is 25.8 Å². The van der Waals surface area contributed by atoms with E-state index in [9.17, 15) is 4.79 Å². The van der Waals surface area contributed by atoms with Crippen LogP contribution < -0.4 is 5.32 Å². The van der Waals surface area contributed by atoms with Crippen molar-refractivity contribution in [1.29, 1.82) is 0 Å². The molecule has 0 saturated carbocycles. The van der Waals surface area contributed by atoms with Gasteiger partial charge in [0, 0.05) is 6.04 Å². The second-order valence-electron chi connectivity index (χ2n) is 4.07. The fraction of sp³-hybridized carbons (Fsp3) is 0.909. The Kier molecular flexibility index (Phi) is 7.48. The second kappa shape index (κ2) is 7.80. The molecule has 3 heteroatoms. The van der Waals surface area contributed by atoms with Crippen molar-refractivity contribution in [2.75, 3.05) is 13.2 Å². The number of hydrogen-bond donors (Lipinski definition) is 1. The number of carbonyl (C=O) groups is 1. The van der Waals surface area contributed by atoms with Crippen molar-refractivity contribution in [3.63, 3.8) is 0 Å². The van der Waals surface area contributed by atoms with Gasteiger partial charge in [0.05, 0.1) is 13.0 Å². The van der Waals surface area contributed by atoms with Gasteiger partial charge < -0.3 is 10.1 Å². The highest BCUT2D eigenvalue weighted by atomic mass is 16.5. The third-order valence-corrected chi connectivity index (χ3v) is 1.98. The van der Waals surface area contributed by atoms with E-state index in [4.69, 9.17) is 4.74 Å². The maximum Gasteiger partial charge on any atom is 0.307 e. The van der Waals surface area contributed by atoms with Crippen LogP contribution in [0.5, 0.6) is 0 Å². The van der Waals surface area contributed by atoms with Crippen LogP contribution >= 0.6 is 0 Å². The molecule has 0 saturated heterocycles. The minimum atomic E-state index is -0.0981. The molecule has 0 fully saturated rings. The van der Waals surface area contributed by atoms with Crippen LogP contribution in [-0.4, -0.2) is 25.2 Å². The van der Waals surface area contributed by atoms with Gasteiger partial charge in [-0.15, -0.1) is 0 Å². The Hall–Kier alpha value is -0.570. The Labute approximate surface area is 87.2 Å². The van der Waals surface area contributed by atoms with Crippen LogP contribution in [0, 0.1) is 5.92 Å². The highest BCUT2D eigenvalue weighted by Gasteiger charge is 2.08. The number of rotatable bonds is 7. The van der Waals surface area contributed by atoms with Crippen LogP contribution in [0.1, 0.15) is 40.5 Å². The zero-order chi connectivity index (χ0) is 11.0. The zero-order valence-corrected chi connectivity index (χ0v) is 9.80. The first-order valence-electron chi connectivity index (χ1n) is 5.45. The molecule has 0 bridgehead atoms. The van der Waals surface area contributed by atoms with Crippen LogP contribution in [-0.2, 0) is 9.53 Å². The molecule has 14 heavy (non-hydrogen) atoms. The first-order valence-corrected chi connectivity index (χ1v) is 5.45. The number of esters is 1. The summed E-state index contributed by atoms with van der Waals surface area (Å²) in [6, 6.07) is 0.214. The third-order valence-electron chi connectivity index (χ3n) is 1.98. The van der Waals surface area contributed by atoms with Gasteiger partial charge in [-0.3, -0.25) is 4.79 Å². The molecule has 0 aliphatic rings. The topological polar surface area (TPSA) is 38.3 Å². The monoisotopic (exact) mass is 201 g/mol. The van der Waals surface area contributed by atoms with Crippen molar-refractivity contribution < 1.29 is 9.53 Å². The van der Waals surface area contributed by atoms with E-state index >= 15 is 0 Å². The standard InChI is InChI=1S/C11H23NO2/c1-5-12-10(4)8-11(13)14-7-6-9(2)3/h9-10,12H,5-8H2,1-4H3. The summed E-state index contributed by atoms with van der Waals surface area (Å²) in [5.41, 5.74) is 0. The van der Waals surface area contributed by atoms with E-state index in [1.165, 1.54) is 0 Å². The third kappa shape index (κ3) is 8.05. The molecule has 3 nitrogen and oxygen atoms in total. The van der Waals surface area contributed by atoms with Crippen molar-refractivity contribution in [3.8, 4) is 0 Å². The summed E-state index contributed by atoms with van der Waals surface area (Å²) >= 11 is 0. The van der Waals surface area contributed by atoms with Crippen LogP contribution in [0.25, 0.3) is 0 Å². The van der Waals surface area contributed by atoms with Crippen molar-refractivity contribution in [2.45, 2.75) is 46.6 Å². The summed E-state index contributed by atoms with van der Waals surface area (Å²) in [5, 5.41) is 3.17. The summed E-state index contributed by atoms with van der Waals surface area (Å²) in [6.45, 7) is 9.70. The summed E-state index contributed by atoms with van der Waals surface area (Å²) in [5.74, 6) is 0.494. The SMILES string of the molecule is CCNC(C)CC(=O)OCCC(C)C. The van der Waals surface area contributed by atoms with E-state index < -0.39 is 0 Å². The van der Waals surface area contributed by atoms with Crippen LogP contribution in [0.3, 0.4) is 0 Å². The smallest absolute Gasteiger partial charge is 0.307 e. The molecule has 84 valence electrons. The second-order valence-corrected chi connectivity index (χ2v) is 4.07. The Balaban J connectivity index is 3.45. The Morgan fingerprint density at radius 1 is 1.36 bits per heavy atom. The minimum absolute atomic E-state index is 0.0981. The van der Waals surface area contributed by atoms with E-state index in [1.807, 2.05) is 13.8 Å². The number of ether oxygens (including phenoxy) is 1. The van der Waals surface area contributed by atoms with Gasteiger partial charge in [0.15, 0.2) is 0 Å². The van der Waals surface area contributed by atoms with Crippen LogP contribution in [0.2, 0.25) is 0 Å². The van der Waals surface area contributed by atoms with Crippen molar-refractivity contribution >= 4 is 5.97 Å². The molecular weight excluding hydrogens is 178 g/mol. The summed E-state index contributed by atoms with van der Waals surface area (Å²) in [6.07, 6.45) is 1.41. The molecule has 1 N–H and O–H groups in total. The molecule has 0 aromatic rings. The lowest BCUT2D eigenvalue weighted by Crippen LogP contribution is -2.28. The van der Waals surface area contributed by atoms with E-state index in [0.717, 1.165) is 13.0 Å². The zero-order valence-electron chi connectivity index (χ0n) is 9.80. The molecule has 0 rings (SSSR count). The lowest BCUT2D eigenvalue weighted by molar-refractivity contribution is -0.144. The van der Waals surface area contributed by atoms with Gasteiger partial charge in [-0.2, -0.15) is 0 Å². The average molecular weight is 201 g/mol. The van der Waals surface area contributed by atoms with Crippen molar-refractivity contribution in [2.24, 2.45) is 5.92 Å². The minimum Gasteiger partial charge on any atom is -0.466 e. The molecule has 0 amide bonds. The van der Waals surface area contributed by atoms with Gasteiger partial charge in [-0.25, -0.2) is 0 Å². The molecule has 0 spiro atoms. The first kappa shape index (κ1) is 13.4. The van der Waals surface area contributed by atoms with E-state index in [-0.39, 0.29) is 12.0 Å². The fourth-order valence-electron chi connectivity index (χ4n) is 1.14. The summed E-state index contributed by atoms with van der Waals surface area (Å²) in [4.78, 5) is 11.2. The largest absolute Gasteiger partial charge is 0.466 e. The number of nitrogens with one attached hydrogen (secondary N) is 1. The van der Waals surface area contributed by atoms with Gasteiger partial charge in [0.25, 0.3) is 0 Å². The van der Waals surface area contributed by atoms with Crippen molar-refractivity contribution in [1.82, 2.24) is 5.32 Å². The van der Waals surface area contributed by atoms with Crippen molar-refractivity contribution in [3.05, 3.63) is 0 Å². The first-order chi connectivity index (χ1) is 6.56. The van der Waals surface area contributed by atoms with Crippen LogP contribution in [0.15, 0.2) is 0 Å². The highest BCUT2D eigenvalue weighted by molar-refractivity contribution is 5.70. The van der Waals surface area contributed by atoms with E-state index in [1.54, 1.807) is 0 Å². The lowest BCUT2D eigenvalue weighted by Gasteiger charge is -2.12. The van der Waals surface area contributed by atoms with E-state index in [2.05, 4.69) is 19.2 Å². The van der Waals surface area contributed by atoms with Gasteiger partial charge in [0.1, 0.15) is 0 Å². The normalized spacial score (nSPS) is 12.9. The lowest BCUT2D eigenvalue weighted by atomic mass is 10.1. The summed E-state index contributed by atoms with van der Waals surface area (Å²) in [7, 11) is 0. The summed E-state index contributed by atoms with van der Waals surface area (Å²) < 4.78 is 5.09. The number of carbonyl (C=O) groups excluding carboxylic acids is 1. The average Bonchev–Trinajstić information content (AvgIpc) is 2.03. The number of hydrogen-bond acceptors (Lipinski definition) is 3. The molecule has 1 atom stereocenters. The Bertz CT molecular complexity index is 157. The molecule has 0 aromatic carbocycles. The molecule has 0 radical (unpaired) electrons. The van der Waals surface area contributed by atoms with E-state index in [0.29, 0.717) is 18.9 Å².